The van der Waals surface area contributed by atoms with E-state index >= 15 is 0 Å². The topological polar surface area (TPSA) is 66.8 Å². The van der Waals surface area contributed by atoms with Crippen LogP contribution in [0.5, 0.6) is 11.5 Å². The number of halogens is 2. The van der Waals surface area contributed by atoms with Gasteiger partial charge in [-0.25, -0.2) is 0 Å². The molecular weight excluding hydrogens is 255 g/mol. The van der Waals surface area contributed by atoms with Crippen LogP contribution in [0.2, 0.25) is 10.0 Å². The lowest BCUT2D eigenvalue weighted by molar-refractivity contribution is -0.139. The summed E-state index contributed by atoms with van der Waals surface area (Å²) < 4.78 is 4.78. The number of phenolic OH excluding ortho intramolecular Hbond substituents is 2. The predicted molar refractivity (Wildman–Crippen MR) is 58.1 cm³/mol. The maximum absolute atomic E-state index is 11.4. The maximum Gasteiger partial charge on any atom is 0.313 e. The van der Waals surface area contributed by atoms with Gasteiger partial charge < -0.3 is 14.9 Å². The normalized spacial score (nSPS) is 19.9. The number of cyclic esters (lactones) is 1. The first kappa shape index (κ1) is 11.4. The van der Waals surface area contributed by atoms with Gasteiger partial charge in [-0.1, -0.05) is 23.2 Å². The van der Waals surface area contributed by atoms with E-state index in [-0.39, 0.29) is 33.7 Å². The summed E-state index contributed by atoms with van der Waals surface area (Å²) in [6.07, 6.45) is 0.409. The summed E-state index contributed by atoms with van der Waals surface area (Å²) in [5, 5.41) is 19.1. The molecule has 1 aromatic rings. The van der Waals surface area contributed by atoms with Crippen LogP contribution in [0.15, 0.2) is 6.07 Å². The molecule has 0 bridgehead atoms. The minimum atomic E-state index is -0.669. The summed E-state index contributed by atoms with van der Waals surface area (Å²) in [5.74, 6) is -1.69. The van der Waals surface area contributed by atoms with Crippen LogP contribution in [0.1, 0.15) is 17.9 Å². The number of carbonyl (C=O) groups excluding carboxylic acids is 1. The standard InChI is InChI=1S/C10H8Cl2O4/c11-5-3-6(13)8(12)7(9(5)14)4-1-2-16-10(4)15/h3-4,13-14H,1-2H2/t4-/m0/s1. The second kappa shape index (κ2) is 4.03. The first-order valence-electron chi connectivity index (χ1n) is 4.59. The molecular formula is C10H8Cl2O4. The van der Waals surface area contributed by atoms with Crippen molar-refractivity contribution in [2.75, 3.05) is 6.61 Å². The lowest BCUT2D eigenvalue weighted by Gasteiger charge is -2.13. The Morgan fingerprint density at radius 3 is 2.62 bits per heavy atom. The Hall–Kier alpha value is -1.13. The molecule has 1 aliphatic rings. The zero-order valence-corrected chi connectivity index (χ0v) is 9.55. The van der Waals surface area contributed by atoms with Gasteiger partial charge in [0.25, 0.3) is 0 Å². The minimum absolute atomic E-state index is 0.0448. The average molecular weight is 263 g/mol. The fourth-order valence-electron chi connectivity index (χ4n) is 1.70. The van der Waals surface area contributed by atoms with Crippen LogP contribution in [-0.2, 0) is 9.53 Å². The number of aromatic hydroxyl groups is 2. The van der Waals surface area contributed by atoms with Gasteiger partial charge in [0, 0.05) is 11.6 Å². The molecule has 1 aliphatic heterocycles. The average Bonchev–Trinajstić information content (AvgIpc) is 2.63. The van der Waals surface area contributed by atoms with Crippen LogP contribution in [0.3, 0.4) is 0 Å². The van der Waals surface area contributed by atoms with Gasteiger partial charge in [0.2, 0.25) is 0 Å². The molecule has 1 atom stereocenters. The molecule has 1 saturated heterocycles. The maximum atomic E-state index is 11.4. The number of hydrogen-bond acceptors (Lipinski definition) is 4. The third-order valence-corrected chi connectivity index (χ3v) is 3.18. The molecule has 1 fully saturated rings. The van der Waals surface area contributed by atoms with Gasteiger partial charge in [0.05, 0.1) is 22.6 Å². The molecule has 0 aliphatic carbocycles. The Kier molecular flexibility index (Phi) is 2.86. The summed E-state index contributed by atoms with van der Waals surface area (Å²) in [6.45, 7) is 0.270. The van der Waals surface area contributed by atoms with E-state index in [0.29, 0.717) is 6.42 Å². The van der Waals surface area contributed by atoms with Crippen molar-refractivity contribution in [2.24, 2.45) is 0 Å². The van der Waals surface area contributed by atoms with Gasteiger partial charge >= 0.3 is 5.97 Å². The number of benzene rings is 1. The molecule has 0 amide bonds. The molecule has 1 aromatic carbocycles. The van der Waals surface area contributed by atoms with Crippen LogP contribution in [0.25, 0.3) is 0 Å². The van der Waals surface area contributed by atoms with Gasteiger partial charge in [0.15, 0.2) is 0 Å². The molecule has 86 valence electrons. The van der Waals surface area contributed by atoms with Gasteiger partial charge in [0.1, 0.15) is 11.5 Å². The Labute approximate surface area is 101 Å². The summed E-state index contributed by atoms with van der Waals surface area (Å²) in [7, 11) is 0. The number of rotatable bonds is 1. The molecule has 2 rings (SSSR count). The van der Waals surface area contributed by atoms with E-state index in [9.17, 15) is 15.0 Å². The summed E-state index contributed by atoms with van der Waals surface area (Å²) in [6, 6.07) is 1.13. The van der Waals surface area contributed by atoms with Gasteiger partial charge in [-0.05, 0) is 6.42 Å². The lowest BCUT2D eigenvalue weighted by Crippen LogP contribution is -2.06. The van der Waals surface area contributed by atoms with Crippen LogP contribution in [-0.4, -0.2) is 22.8 Å². The van der Waals surface area contributed by atoms with Gasteiger partial charge in [-0.2, -0.15) is 0 Å². The molecule has 2 N–H and O–H groups in total. The first-order valence-corrected chi connectivity index (χ1v) is 5.34. The number of phenols is 2. The molecule has 0 radical (unpaired) electrons. The van der Waals surface area contributed by atoms with Crippen LogP contribution < -0.4 is 0 Å². The smallest absolute Gasteiger partial charge is 0.313 e. The monoisotopic (exact) mass is 262 g/mol. The van der Waals surface area contributed by atoms with E-state index in [1.807, 2.05) is 0 Å². The van der Waals surface area contributed by atoms with Crippen molar-refractivity contribution in [3.8, 4) is 11.5 Å². The van der Waals surface area contributed by atoms with Crippen LogP contribution in [0, 0.1) is 0 Å². The lowest BCUT2D eigenvalue weighted by atomic mass is 9.96. The third-order valence-electron chi connectivity index (χ3n) is 2.49. The molecule has 4 nitrogen and oxygen atoms in total. The predicted octanol–water partition coefficient (Wildman–Crippen LogP) is 2.44. The number of ether oxygens (including phenoxy) is 1. The van der Waals surface area contributed by atoms with Crippen molar-refractivity contribution in [3.05, 3.63) is 21.7 Å². The summed E-state index contributed by atoms with van der Waals surface area (Å²) >= 11 is 11.5. The first-order chi connectivity index (χ1) is 7.52. The minimum Gasteiger partial charge on any atom is -0.506 e. The Bertz CT molecular complexity index is 432. The highest BCUT2D eigenvalue weighted by atomic mass is 35.5. The van der Waals surface area contributed by atoms with Crippen molar-refractivity contribution < 1.29 is 19.7 Å². The largest absolute Gasteiger partial charge is 0.506 e. The van der Waals surface area contributed by atoms with Crippen molar-refractivity contribution in [2.45, 2.75) is 12.3 Å². The van der Waals surface area contributed by atoms with Crippen molar-refractivity contribution in [1.82, 2.24) is 0 Å². The Morgan fingerprint density at radius 2 is 2.06 bits per heavy atom. The summed E-state index contributed by atoms with van der Waals surface area (Å²) in [5.41, 5.74) is 0.133. The second-order valence-electron chi connectivity index (χ2n) is 3.46. The van der Waals surface area contributed by atoms with Crippen LogP contribution in [0.4, 0.5) is 0 Å². The molecule has 1 heterocycles. The number of esters is 1. The molecule has 6 heteroatoms. The Balaban J connectivity index is 2.58. The van der Waals surface area contributed by atoms with Gasteiger partial charge in [-0.15, -0.1) is 0 Å². The quantitative estimate of drug-likeness (QED) is 0.603. The number of hydrogen-bond donors (Lipinski definition) is 2. The Morgan fingerprint density at radius 1 is 1.38 bits per heavy atom. The SMILES string of the molecule is O=C1OCC[C@H]1c1c(O)c(Cl)cc(O)c1Cl. The molecule has 0 aromatic heterocycles. The molecule has 0 unspecified atom stereocenters. The van der Waals surface area contributed by atoms with Crippen molar-refractivity contribution in [1.29, 1.82) is 0 Å². The molecule has 0 spiro atoms. The highest BCUT2D eigenvalue weighted by Gasteiger charge is 2.34. The van der Waals surface area contributed by atoms with E-state index in [0.717, 1.165) is 6.07 Å². The van der Waals surface area contributed by atoms with Crippen LogP contribution >= 0.6 is 23.2 Å². The van der Waals surface area contributed by atoms with Crippen molar-refractivity contribution >= 4 is 29.2 Å². The zero-order valence-electron chi connectivity index (χ0n) is 8.04. The molecule has 16 heavy (non-hydrogen) atoms. The highest BCUT2D eigenvalue weighted by Crippen LogP contribution is 2.45. The van der Waals surface area contributed by atoms with E-state index in [4.69, 9.17) is 27.9 Å². The highest BCUT2D eigenvalue weighted by molar-refractivity contribution is 6.36. The fraction of sp³-hybridized carbons (Fsp3) is 0.300. The van der Waals surface area contributed by atoms with Crippen molar-refractivity contribution in [3.63, 3.8) is 0 Å². The number of carbonyl (C=O) groups is 1. The van der Waals surface area contributed by atoms with E-state index in [1.165, 1.54) is 0 Å². The second-order valence-corrected chi connectivity index (χ2v) is 4.25. The molecule has 0 saturated carbocycles. The fourth-order valence-corrected chi connectivity index (χ4v) is 2.18. The van der Waals surface area contributed by atoms with E-state index in [2.05, 4.69) is 0 Å². The zero-order chi connectivity index (χ0) is 11.9. The summed E-state index contributed by atoms with van der Waals surface area (Å²) in [4.78, 5) is 11.4. The van der Waals surface area contributed by atoms with E-state index in [1.54, 1.807) is 0 Å². The van der Waals surface area contributed by atoms with E-state index < -0.39 is 11.9 Å². The third kappa shape index (κ3) is 1.68. The van der Waals surface area contributed by atoms with Gasteiger partial charge in [-0.3, -0.25) is 4.79 Å².